The maximum atomic E-state index is 12.1. The molecule has 0 spiro atoms. The number of hydrogen-bond donors (Lipinski definition) is 2. The zero-order chi connectivity index (χ0) is 16.3. The minimum Gasteiger partial charge on any atom is -0.447 e. The number of amides is 1. The van der Waals surface area contributed by atoms with Gasteiger partial charge in [0.15, 0.2) is 12.1 Å². The third-order valence-electron chi connectivity index (χ3n) is 3.12. The van der Waals surface area contributed by atoms with Gasteiger partial charge in [-0.1, -0.05) is 43.1 Å². The van der Waals surface area contributed by atoms with Crippen LogP contribution in [0.5, 0.6) is 0 Å². The Labute approximate surface area is 138 Å². The third-order valence-corrected chi connectivity index (χ3v) is 3.78. The Hall–Kier alpha value is -1.56. The van der Waals surface area contributed by atoms with Crippen molar-refractivity contribution in [1.82, 2.24) is 10.3 Å². The number of aromatic nitrogens is 1. The minimum absolute atomic E-state index is 0.0335. The highest BCUT2D eigenvalue weighted by Gasteiger charge is 2.21. The highest BCUT2D eigenvalue weighted by atomic mass is 35.5. The maximum Gasteiger partial charge on any atom is 0.273 e. The first kappa shape index (κ1) is 16.8. The number of carbonyl (C=O) groups excluding carboxylic acids is 1. The minimum atomic E-state index is -1.01. The van der Waals surface area contributed by atoms with E-state index in [-0.39, 0.29) is 18.2 Å². The van der Waals surface area contributed by atoms with Gasteiger partial charge in [-0.25, -0.2) is 4.98 Å². The van der Waals surface area contributed by atoms with Gasteiger partial charge < -0.3 is 14.8 Å². The Kier molecular flexibility index (Phi) is 5.45. The van der Waals surface area contributed by atoms with Crippen molar-refractivity contribution in [2.24, 2.45) is 0 Å². The number of benzene rings is 1. The van der Waals surface area contributed by atoms with Gasteiger partial charge in [0.2, 0.25) is 0 Å². The highest BCUT2D eigenvalue weighted by molar-refractivity contribution is 6.36. The summed E-state index contributed by atoms with van der Waals surface area (Å²) in [6.45, 7) is 3.76. The first-order valence-corrected chi connectivity index (χ1v) is 7.51. The van der Waals surface area contributed by atoms with Gasteiger partial charge >= 0.3 is 0 Å². The first-order chi connectivity index (χ1) is 10.4. The van der Waals surface area contributed by atoms with Gasteiger partial charge in [-0.15, -0.1) is 0 Å². The van der Waals surface area contributed by atoms with Gasteiger partial charge in [-0.05, 0) is 12.1 Å². The van der Waals surface area contributed by atoms with E-state index >= 15 is 0 Å². The molecule has 1 aromatic heterocycles. The van der Waals surface area contributed by atoms with Crippen molar-refractivity contribution in [3.63, 3.8) is 0 Å². The van der Waals surface area contributed by atoms with Crippen LogP contribution < -0.4 is 5.32 Å². The topological polar surface area (TPSA) is 75.4 Å². The molecule has 0 aliphatic heterocycles. The van der Waals surface area contributed by atoms with Crippen molar-refractivity contribution in [3.05, 3.63) is 51.7 Å². The van der Waals surface area contributed by atoms with Crippen LogP contribution in [-0.4, -0.2) is 22.5 Å². The molecule has 2 N–H and O–H groups in total. The zero-order valence-electron chi connectivity index (χ0n) is 12.1. The molecule has 5 nitrogen and oxygen atoms in total. The summed E-state index contributed by atoms with van der Waals surface area (Å²) in [5, 5.41) is 13.5. The second-order valence-electron chi connectivity index (χ2n) is 5.08. The molecule has 22 heavy (non-hydrogen) atoms. The van der Waals surface area contributed by atoms with E-state index in [1.807, 2.05) is 13.8 Å². The van der Waals surface area contributed by atoms with Crippen molar-refractivity contribution in [2.75, 3.05) is 6.54 Å². The van der Waals surface area contributed by atoms with E-state index < -0.39 is 12.0 Å². The molecule has 0 aliphatic rings. The summed E-state index contributed by atoms with van der Waals surface area (Å²) in [5.74, 6) is 0.119. The summed E-state index contributed by atoms with van der Waals surface area (Å²) in [6, 6.07) is 4.94. The summed E-state index contributed by atoms with van der Waals surface area (Å²) < 4.78 is 5.20. The summed E-state index contributed by atoms with van der Waals surface area (Å²) in [5.41, 5.74) is 0.600. The molecule has 1 aromatic carbocycles. The number of carbonyl (C=O) groups is 1. The zero-order valence-corrected chi connectivity index (χ0v) is 13.6. The molecule has 0 saturated heterocycles. The van der Waals surface area contributed by atoms with Crippen LogP contribution in [0.1, 0.15) is 47.7 Å². The maximum absolute atomic E-state index is 12.1. The predicted molar refractivity (Wildman–Crippen MR) is 84.3 cm³/mol. The van der Waals surface area contributed by atoms with Crippen LogP contribution in [0.25, 0.3) is 0 Å². The fourth-order valence-corrected chi connectivity index (χ4v) is 2.69. The lowest BCUT2D eigenvalue weighted by atomic mass is 10.1. The van der Waals surface area contributed by atoms with Crippen molar-refractivity contribution in [2.45, 2.75) is 25.9 Å². The van der Waals surface area contributed by atoms with Crippen LogP contribution in [0, 0.1) is 0 Å². The summed E-state index contributed by atoms with van der Waals surface area (Å²) >= 11 is 12.0. The molecule has 0 fully saturated rings. The fraction of sp³-hybridized carbons (Fsp3) is 0.333. The molecule has 0 bridgehead atoms. The molecule has 0 aliphatic carbocycles. The average Bonchev–Trinajstić information content (AvgIpc) is 2.94. The summed E-state index contributed by atoms with van der Waals surface area (Å²) in [6.07, 6.45) is 0.213. The van der Waals surface area contributed by atoms with Gasteiger partial charge in [0.05, 0.1) is 6.10 Å². The Morgan fingerprint density at radius 1 is 1.36 bits per heavy atom. The Morgan fingerprint density at radius 3 is 2.59 bits per heavy atom. The molecule has 0 unspecified atom stereocenters. The smallest absolute Gasteiger partial charge is 0.273 e. The second-order valence-corrected chi connectivity index (χ2v) is 5.90. The Morgan fingerprint density at radius 2 is 2.00 bits per heavy atom. The number of oxazole rings is 1. The Balaban J connectivity index is 2.06. The molecule has 2 aromatic rings. The molecular formula is C15H16Cl2N2O3. The molecule has 1 amide bonds. The van der Waals surface area contributed by atoms with Gasteiger partial charge in [-0.2, -0.15) is 0 Å². The molecule has 2 rings (SSSR count). The van der Waals surface area contributed by atoms with Crippen LogP contribution in [-0.2, 0) is 0 Å². The van der Waals surface area contributed by atoms with Crippen LogP contribution in [0.15, 0.2) is 29.0 Å². The number of aliphatic hydroxyl groups excluding tert-OH is 1. The number of aliphatic hydroxyl groups is 1. The van der Waals surface area contributed by atoms with E-state index in [2.05, 4.69) is 10.3 Å². The predicted octanol–water partition coefficient (Wildman–Crippen LogP) is 3.57. The van der Waals surface area contributed by atoms with E-state index in [4.69, 9.17) is 27.6 Å². The van der Waals surface area contributed by atoms with Crippen molar-refractivity contribution in [1.29, 1.82) is 0 Å². The van der Waals surface area contributed by atoms with Gasteiger partial charge in [0.1, 0.15) is 5.76 Å². The van der Waals surface area contributed by atoms with E-state index in [1.54, 1.807) is 18.2 Å². The second kappa shape index (κ2) is 7.13. The average molecular weight is 343 g/mol. The SMILES string of the molecule is CC(C)c1ocnc1C(=O)NC[C@@H](O)c1c(Cl)cccc1Cl. The number of rotatable bonds is 5. The fourth-order valence-electron chi connectivity index (χ4n) is 2.04. The van der Waals surface area contributed by atoms with E-state index in [0.29, 0.717) is 21.4 Å². The summed E-state index contributed by atoms with van der Waals surface area (Å²) in [4.78, 5) is 16.0. The van der Waals surface area contributed by atoms with Gasteiger partial charge in [0, 0.05) is 28.1 Å². The van der Waals surface area contributed by atoms with Gasteiger partial charge in [0.25, 0.3) is 5.91 Å². The van der Waals surface area contributed by atoms with Crippen LogP contribution in [0.2, 0.25) is 10.0 Å². The lowest BCUT2D eigenvalue weighted by Crippen LogP contribution is -2.29. The van der Waals surface area contributed by atoms with Crippen LogP contribution in [0.4, 0.5) is 0 Å². The monoisotopic (exact) mass is 342 g/mol. The van der Waals surface area contributed by atoms with Gasteiger partial charge in [-0.3, -0.25) is 4.79 Å². The van der Waals surface area contributed by atoms with Crippen molar-refractivity contribution < 1.29 is 14.3 Å². The molecular weight excluding hydrogens is 327 g/mol. The number of halogens is 2. The highest BCUT2D eigenvalue weighted by Crippen LogP contribution is 2.29. The molecule has 7 heteroatoms. The molecule has 1 atom stereocenters. The van der Waals surface area contributed by atoms with E-state index in [1.165, 1.54) is 6.39 Å². The third kappa shape index (κ3) is 3.61. The van der Waals surface area contributed by atoms with E-state index in [9.17, 15) is 9.90 Å². The van der Waals surface area contributed by atoms with Crippen molar-refractivity contribution in [3.8, 4) is 0 Å². The Bertz CT molecular complexity index is 650. The van der Waals surface area contributed by atoms with E-state index in [0.717, 1.165) is 0 Å². The largest absolute Gasteiger partial charge is 0.447 e. The quantitative estimate of drug-likeness (QED) is 0.870. The molecule has 118 valence electrons. The number of hydrogen-bond acceptors (Lipinski definition) is 4. The summed E-state index contributed by atoms with van der Waals surface area (Å²) in [7, 11) is 0. The molecule has 0 radical (unpaired) electrons. The standard InChI is InChI=1S/C15H16Cl2N2O3/c1-8(2)14-13(19-7-22-14)15(21)18-6-11(20)12-9(16)4-3-5-10(12)17/h3-5,7-8,11,20H,6H2,1-2H3,(H,18,21)/t11-/m1/s1. The first-order valence-electron chi connectivity index (χ1n) is 6.75. The lowest BCUT2D eigenvalue weighted by molar-refractivity contribution is 0.0909. The normalized spacial score (nSPS) is 12.5. The molecule has 1 heterocycles. The van der Waals surface area contributed by atoms with Crippen LogP contribution >= 0.6 is 23.2 Å². The number of nitrogens with zero attached hydrogens (tertiary/aromatic N) is 1. The number of nitrogens with one attached hydrogen (secondary N) is 1. The lowest BCUT2D eigenvalue weighted by Gasteiger charge is -2.15. The van der Waals surface area contributed by atoms with Crippen molar-refractivity contribution >= 4 is 29.1 Å². The van der Waals surface area contributed by atoms with Crippen LogP contribution in [0.3, 0.4) is 0 Å². The molecule has 0 saturated carbocycles.